The minimum absolute atomic E-state index is 0.0587. The van der Waals surface area contributed by atoms with Gasteiger partial charge in [0.05, 0.1) is 25.3 Å². The van der Waals surface area contributed by atoms with Gasteiger partial charge in [-0.25, -0.2) is 0 Å². The molecular weight excluding hydrogens is 442 g/mol. The van der Waals surface area contributed by atoms with Gasteiger partial charge in [0.25, 0.3) is 5.91 Å². The van der Waals surface area contributed by atoms with Crippen molar-refractivity contribution < 1.29 is 19.1 Å². The Hall–Kier alpha value is -2.54. The summed E-state index contributed by atoms with van der Waals surface area (Å²) >= 11 is 0. The monoisotopic (exact) mass is 483 g/mol. The van der Waals surface area contributed by atoms with Gasteiger partial charge < -0.3 is 24.3 Å². The van der Waals surface area contributed by atoms with Crippen LogP contribution in [-0.2, 0) is 16.1 Å². The van der Waals surface area contributed by atoms with Crippen LogP contribution in [0.25, 0.3) is 10.9 Å². The minimum atomic E-state index is -0.987. The lowest BCUT2D eigenvalue weighted by atomic mass is 9.92. The lowest BCUT2D eigenvalue weighted by molar-refractivity contribution is -0.133. The van der Waals surface area contributed by atoms with Crippen LogP contribution in [0, 0.1) is 0 Å². The highest BCUT2D eigenvalue weighted by molar-refractivity contribution is 6.03. The van der Waals surface area contributed by atoms with Gasteiger partial charge in [0.15, 0.2) is 0 Å². The van der Waals surface area contributed by atoms with E-state index < -0.39 is 5.54 Å². The summed E-state index contributed by atoms with van der Waals surface area (Å²) in [7, 11) is 1.64. The number of fused-ring (bicyclic) bond motifs is 3. The largest absolute Gasteiger partial charge is 0.497 e. The molecule has 1 aromatic heterocycles. The lowest BCUT2D eigenvalue weighted by Gasteiger charge is -2.45. The Kier molecular flexibility index (Phi) is 8.05. The number of methoxy groups -OCH3 is 1. The molecule has 1 atom stereocenters. The Morgan fingerprint density at radius 1 is 1.14 bits per heavy atom. The van der Waals surface area contributed by atoms with Gasteiger partial charge >= 0.3 is 0 Å². The molecule has 35 heavy (non-hydrogen) atoms. The van der Waals surface area contributed by atoms with E-state index in [0.29, 0.717) is 31.8 Å². The molecule has 0 radical (unpaired) electrons. The Bertz CT molecular complexity index is 1040. The molecule has 1 fully saturated rings. The molecule has 1 saturated carbocycles. The zero-order chi connectivity index (χ0) is 25.0. The van der Waals surface area contributed by atoms with Crippen LogP contribution in [0.15, 0.2) is 24.3 Å². The van der Waals surface area contributed by atoms with Gasteiger partial charge in [0, 0.05) is 30.6 Å². The van der Waals surface area contributed by atoms with Gasteiger partial charge in [0.2, 0.25) is 5.91 Å². The van der Waals surface area contributed by atoms with Crippen molar-refractivity contribution in [2.75, 3.05) is 20.3 Å². The number of hydrogen-bond donors (Lipinski definition) is 1. The second-order valence-electron chi connectivity index (χ2n) is 10.6. The summed E-state index contributed by atoms with van der Waals surface area (Å²) < 4.78 is 13.2. The maximum absolute atomic E-state index is 13.9. The molecule has 0 unspecified atom stereocenters. The Labute approximate surface area is 209 Å². The van der Waals surface area contributed by atoms with Crippen molar-refractivity contribution in [2.45, 2.75) is 96.4 Å². The molecule has 2 amide bonds. The van der Waals surface area contributed by atoms with Crippen molar-refractivity contribution in [3.63, 3.8) is 0 Å². The highest BCUT2D eigenvalue weighted by atomic mass is 16.5. The molecule has 0 saturated heterocycles. The third-order valence-electron chi connectivity index (χ3n) is 7.54. The number of benzene rings is 1. The smallest absolute Gasteiger partial charge is 0.271 e. The van der Waals surface area contributed by atoms with E-state index in [4.69, 9.17) is 9.47 Å². The number of hydrogen-bond acceptors (Lipinski definition) is 4. The molecular formula is C28H41N3O4. The molecule has 4 rings (SSSR count). The third-order valence-corrected chi connectivity index (χ3v) is 7.54. The number of nitrogens with zero attached hydrogens (tertiary/aromatic N) is 2. The van der Waals surface area contributed by atoms with Crippen LogP contribution in [0.5, 0.6) is 5.75 Å². The zero-order valence-corrected chi connectivity index (χ0v) is 21.8. The molecule has 1 aliphatic heterocycles. The van der Waals surface area contributed by atoms with Crippen LogP contribution in [0.4, 0.5) is 0 Å². The fraction of sp³-hybridized carbons (Fsp3) is 0.643. The van der Waals surface area contributed by atoms with Gasteiger partial charge in [0.1, 0.15) is 17.0 Å². The quantitative estimate of drug-likeness (QED) is 0.542. The number of carbonyl (C=O) groups is 2. The number of nitrogens with one attached hydrogen (secondary N) is 1. The Morgan fingerprint density at radius 3 is 2.54 bits per heavy atom. The first kappa shape index (κ1) is 25.5. The SMILES string of the molecule is COc1ccc2cc3n(c2c1)C[C@@](C)(C(=O)NC1CCCCCCC1)N(CCCOC(C)C)C3=O. The number of ether oxygens (including phenoxy) is 2. The molecule has 7 nitrogen and oxygen atoms in total. The Balaban J connectivity index is 1.64. The predicted octanol–water partition coefficient (Wildman–Crippen LogP) is 4.91. The average molecular weight is 484 g/mol. The third kappa shape index (κ3) is 5.50. The van der Waals surface area contributed by atoms with Crippen molar-refractivity contribution in [3.8, 4) is 5.75 Å². The van der Waals surface area contributed by atoms with E-state index in [1.807, 2.05) is 49.6 Å². The van der Waals surface area contributed by atoms with Crippen molar-refractivity contribution >= 4 is 22.7 Å². The maximum Gasteiger partial charge on any atom is 0.271 e. The highest BCUT2D eigenvalue weighted by Crippen LogP contribution is 2.34. The summed E-state index contributed by atoms with van der Waals surface area (Å²) in [4.78, 5) is 29.5. The zero-order valence-electron chi connectivity index (χ0n) is 21.8. The van der Waals surface area contributed by atoms with Crippen LogP contribution in [0.2, 0.25) is 0 Å². The van der Waals surface area contributed by atoms with E-state index in [0.717, 1.165) is 42.3 Å². The molecule has 0 bridgehead atoms. The predicted molar refractivity (Wildman–Crippen MR) is 138 cm³/mol. The van der Waals surface area contributed by atoms with E-state index in [9.17, 15) is 9.59 Å². The van der Waals surface area contributed by atoms with Crippen molar-refractivity contribution in [1.29, 1.82) is 0 Å². The number of amides is 2. The van der Waals surface area contributed by atoms with E-state index in [-0.39, 0.29) is 24.0 Å². The minimum Gasteiger partial charge on any atom is -0.497 e. The van der Waals surface area contributed by atoms with Crippen molar-refractivity contribution in [1.82, 2.24) is 14.8 Å². The van der Waals surface area contributed by atoms with Gasteiger partial charge in [-0.1, -0.05) is 32.1 Å². The Morgan fingerprint density at radius 2 is 1.86 bits per heavy atom. The lowest BCUT2D eigenvalue weighted by Crippen LogP contribution is -2.65. The van der Waals surface area contributed by atoms with Crippen LogP contribution in [-0.4, -0.2) is 59.2 Å². The molecule has 192 valence electrons. The topological polar surface area (TPSA) is 72.8 Å². The molecule has 2 heterocycles. The van der Waals surface area contributed by atoms with Crippen LogP contribution < -0.4 is 10.1 Å². The first-order valence-electron chi connectivity index (χ1n) is 13.3. The number of rotatable bonds is 8. The highest BCUT2D eigenvalue weighted by Gasteiger charge is 2.47. The van der Waals surface area contributed by atoms with E-state index in [1.165, 1.54) is 19.3 Å². The van der Waals surface area contributed by atoms with Crippen molar-refractivity contribution in [3.05, 3.63) is 30.0 Å². The van der Waals surface area contributed by atoms with E-state index in [2.05, 4.69) is 5.32 Å². The average Bonchev–Trinajstić information content (AvgIpc) is 3.17. The molecule has 1 aromatic carbocycles. The second kappa shape index (κ2) is 11.0. The van der Waals surface area contributed by atoms with Crippen LogP contribution in [0.3, 0.4) is 0 Å². The first-order chi connectivity index (χ1) is 16.8. The van der Waals surface area contributed by atoms with Gasteiger partial charge in [-0.15, -0.1) is 0 Å². The molecule has 1 N–H and O–H groups in total. The maximum atomic E-state index is 13.9. The molecule has 2 aromatic rings. The van der Waals surface area contributed by atoms with E-state index in [1.54, 1.807) is 12.0 Å². The van der Waals surface area contributed by atoms with Crippen LogP contribution >= 0.6 is 0 Å². The number of aromatic nitrogens is 1. The van der Waals surface area contributed by atoms with Crippen molar-refractivity contribution in [2.24, 2.45) is 0 Å². The fourth-order valence-electron chi connectivity index (χ4n) is 5.49. The number of carbonyl (C=O) groups excluding carboxylic acids is 2. The van der Waals surface area contributed by atoms with Gasteiger partial charge in [-0.2, -0.15) is 0 Å². The summed E-state index contributed by atoms with van der Waals surface area (Å²) in [5.41, 5.74) is 0.550. The summed E-state index contributed by atoms with van der Waals surface area (Å²) in [5, 5.41) is 4.32. The summed E-state index contributed by atoms with van der Waals surface area (Å²) in [6, 6.07) is 7.93. The second-order valence-corrected chi connectivity index (χ2v) is 10.6. The van der Waals surface area contributed by atoms with E-state index >= 15 is 0 Å². The van der Waals surface area contributed by atoms with Crippen LogP contribution in [0.1, 0.15) is 82.6 Å². The summed E-state index contributed by atoms with van der Waals surface area (Å²) in [5.74, 6) is 0.572. The molecule has 7 heteroatoms. The van der Waals surface area contributed by atoms with Gasteiger partial charge in [-0.3, -0.25) is 9.59 Å². The van der Waals surface area contributed by atoms with Gasteiger partial charge in [-0.05, 0) is 58.2 Å². The standard InChI is InChI=1S/C28H41N3O4/c1-20(2)35-16-10-15-31-26(32)25-17-21-13-14-23(34-4)18-24(21)30(25)19-28(31,3)27(33)29-22-11-8-6-5-7-9-12-22/h13-14,17-18,20,22H,5-12,15-16,19H2,1-4H3,(H,29,33)/t28-/m0/s1. The molecule has 0 spiro atoms. The first-order valence-corrected chi connectivity index (χ1v) is 13.3. The summed E-state index contributed by atoms with van der Waals surface area (Å²) in [6.45, 7) is 7.37. The molecule has 1 aliphatic carbocycles. The normalized spacial score (nSPS) is 21.6. The molecule has 2 aliphatic rings. The fourth-order valence-corrected chi connectivity index (χ4v) is 5.49. The summed E-state index contributed by atoms with van der Waals surface area (Å²) in [6.07, 6.45) is 8.86.